The molecule has 26 heavy (non-hydrogen) atoms. The van der Waals surface area contributed by atoms with Gasteiger partial charge in [0, 0.05) is 13.6 Å². The Hall–Kier alpha value is -2.08. The first-order valence-electron chi connectivity index (χ1n) is 8.07. The van der Waals surface area contributed by atoms with Gasteiger partial charge < -0.3 is 10.2 Å². The topological polar surface area (TPSA) is 52.7 Å². The van der Waals surface area contributed by atoms with E-state index in [4.69, 9.17) is 23.2 Å². The third-order valence-electron chi connectivity index (χ3n) is 3.73. The number of hydrogen-bond donors (Lipinski definition) is 1. The number of benzene rings is 2. The van der Waals surface area contributed by atoms with Gasteiger partial charge in [-0.15, -0.1) is 0 Å². The van der Waals surface area contributed by atoms with Crippen LogP contribution in [0.5, 0.6) is 0 Å². The molecule has 2 rings (SSSR count). The summed E-state index contributed by atoms with van der Waals surface area (Å²) in [5.41, 5.74) is 1.43. The van der Waals surface area contributed by atoms with Crippen LogP contribution in [0, 0.1) is 0 Å². The number of carbonyl (C=O) groups excluding carboxylic acids is 2. The highest BCUT2D eigenvalue weighted by atomic mass is 35.5. The van der Waals surface area contributed by atoms with E-state index in [0.717, 1.165) is 5.56 Å². The second kappa shape index (κ2) is 9.57. The number of amides is 2. The van der Waals surface area contributed by atoms with Gasteiger partial charge in [-0.3, -0.25) is 14.5 Å². The van der Waals surface area contributed by atoms with Gasteiger partial charge in [-0.25, -0.2) is 0 Å². The number of para-hydroxylation sites is 1. The zero-order valence-corrected chi connectivity index (χ0v) is 16.2. The lowest BCUT2D eigenvalue weighted by atomic mass is 10.2. The average Bonchev–Trinajstić information content (AvgIpc) is 2.59. The summed E-state index contributed by atoms with van der Waals surface area (Å²) in [6.45, 7) is 0.703. The normalized spacial score (nSPS) is 10.7. The number of nitrogens with one attached hydrogen (secondary N) is 1. The highest BCUT2D eigenvalue weighted by Crippen LogP contribution is 2.29. The van der Waals surface area contributed by atoms with E-state index in [-0.39, 0.29) is 24.9 Å². The molecule has 0 unspecified atom stereocenters. The van der Waals surface area contributed by atoms with Gasteiger partial charge in [0.1, 0.15) is 0 Å². The third-order valence-corrected chi connectivity index (χ3v) is 4.36. The molecule has 138 valence electrons. The predicted octanol–water partition coefficient (Wildman–Crippen LogP) is 3.52. The summed E-state index contributed by atoms with van der Waals surface area (Å²) < 4.78 is 0. The van der Waals surface area contributed by atoms with Crippen molar-refractivity contribution in [3.05, 3.63) is 64.1 Å². The zero-order valence-electron chi connectivity index (χ0n) is 14.7. The molecule has 1 N–H and O–H groups in total. The molecular weight excluding hydrogens is 373 g/mol. The number of hydrogen-bond acceptors (Lipinski definition) is 3. The van der Waals surface area contributed by atoms with Crippen molar-refractivity contribution in [1.29, 1.82) is 0 Å². The first-order valence-corrected chi connectivity index (χ1v) is 8.82. The van der Waals surface area contributed by atoms with E-state index >= 15 is 0 Å². The fraction of sp³-hybridized carbons (Fsp3) is 0.263. The van der Waals surface area contributed by atoms with Crippen LogP contribution in [0.4, 0.5) is 5.69 Å². The van der Waals surface area contributed by atoms with Crippen LogP contribution in [-0.2, 0) is 16.1 Å². The number of anilines is 1. The summed E-state index contributed by atoms with van der Waals surface area (Å²) in [4.78, 5) is 27.8. The Balaban J connectivity index is 1.84. The molecule has 0 aliphatic carbocycles. The average molecular weight is 394 g/mol. The number of carbonyl (C=O) groups is 2. The van der Waals surface area contributed by atoms with Gasteiger partial charge in [-0.05, 0) is 24.7 Å². The Labute approximate surface area is 163 Å². The summed E-state index contributed by atoms with van der Waals surface area (Å²) in [6.07, 6.45) is 0. The Bertz CT molecular complexity index is 748. The first-order chi connectivity index (χ1) is 12.4. The zero-order chi connectivity index (χ0) is 19.1. The molecule has 0 spiro atoms. The van der Waals surface area contributed by atoms with Crippen LogP contribution in [-0.4, -0.2) is 48.8 Å². The van der Waals surface area contributed by atoms with Crippen molar-refractivity contribution < 1.29 is 9.59 Å². The van der Waals surface area contributed by atoms with Crippen LogP contribution < -0.4 is 5.32 Å². The van der Waals surface area contributed by atoms with Gasteiger partial charge in [0.2, 0.25) is 11.8 Å². The molecule has 2 amide bonds. The molecule has 0 bridgehead atoms. The fourth-order valence-electron chi connectivity index (χ4n) is 2.39. The SMILES string of the molecule is CN(CC(=O)Nc1c(Cl)cccc1Cl)CC(=O)N(C)Cc1ccccc1. The first kappa shape index (κ1) is 20.2. The molecule has 0 heterocycles. The number of halogens is 2. The van der Waals surface area contributed by atoms with E-state index in [2.05, 4.69) is 5.32 Å². The third kappa shape index (κ3) is 6.02. The lowest BCUT2D eigenvalue weighted by Crippen LogP contribution is -2.39. The molecule has 0 aromatic heterocycles. The number of rotatable bonds is 7. The van der Waals surface area contributed by atoms with Gasteiger partial charge >= 0.3 is 0 Å². The molecule has 2 aromatic rings. The highest BCUT2D eigenvalue weighted by Gasteiger charge is 2.16. The second-order valence-corrected chi connectivity index (χ2v) is 6.87. The maximum Gasteiger partial charge on any atom is 0.238 e. The maximum atomic E-state index is 12.3. The molecule has 0 saturated heterocycles. The molecule has 2 aromatic carbocycles. The van der Waals surface area contributed by atoms with E-state index in [9.17, 15) is 9.59 Å². The minimum absolute atomic E-state index is 0.0481. The summed E-state index contributed by atoms with van der Waals surface area (Å²) in [6, 6.07) is 14.7. The monoisotopic (exact) mass is 393 g/mol. The van der Waals surface area contributed by atoms with Gasteiger partial charge in [-0.1, -0.05) is 59.6 Å². The molecule has 7 heteroatoms. The summed E-state index contributed by atoms with van der Waals surface area (Å²) in [5.74, 6) is -0.360. The van der Waals surface area contributed by atoms with Crippen molar-refractivity contribution in [2.75, 3.05) is 32.5 Å². The molecule has 0 atom stereocenters. The number of nitrogens with zero attached hydrogens (tertiary/aromatic N) is 2. The Morgan fingerprint density at radius 3 is 2.15 bits per heavy atom. The van der Waals surface area contributed by atoms with Gasteiger partial charge in [0.15, 0.2) is 0 Å². The smallest absolute Gasteiger partial charge is 0.238 e. The minimum atomic E-state index is -0.291. The molecule has 0 fully saturated rings. The van der Waals surface area contributed by atoms with Gasteiger partial charge in [0.25, 0.3) is 0 Å². The van der Waals surface area contributed by atoms with E-state index in [1.165, 1.54) is 0 Å². The van der Waals surface area contributed by atoms with Crippen molar-refractivity contribution in [3.8, 4) is 0 Å². The van der Waals surface area contributed by atoms with Crippen molar-refractivity contribution in [3.63, 3.8) is 0 Å². The summed E-state index contributed by atoms with van der Waals surface area (Å²) in [7, 11) is 3.45. The molecule has 0 radical (unpaired) electrons. The van der Waals surface area contributed by atoms with E-state index in [1.807, 2.05) is 30.3 Å². The van der Waals surface area contributed by atoms with Crippen LogP contribution in [0.25, 0.3) is 0 Å². The molecular formula is C19H21Cl2N3O2. The molecule has 0 aliphatic heterocycles. The summed E-state index contributed by atoms with van der Waals surface area (Å²) >= 11 is 12.1. The van der Waals surface area contributed by atoms with Gasteiger partial charge in [-0.2, -0.15) is 0 Å². The van der Waals surface area contributed by atoms with E-state index < -0.39 is 0 Å². The quantitative estimate of drug-likeness (QED) is 0.782. The standard InChI is InChI=1S/C19H21Cl2N3O2/c1-23(12-17(25)22-19-15(20)9-6-10-16(19)21)13-18(26)24(2)11-14-7-4-3-5-8-14/h3-10H,11-13H2,1-2H3,(H,22,25). The van der Waals surface area contributed by atoms with Gasteiger partial charge in [0.05, 0.1) is 28.8 Å². The van der Waals surface area contributed by atoms with Crippen LogP contribution in [0.1, 0.15) is 5.56 Å². The van der Waals surface area contributed by atoms with Crippen molar-refractivity contribution in [2.24, 2.45) is 0 Å². The second-order valence-electron chi connectivity index (χ2n) is 6.05. The van der Waals surface area contributed by atoms with Crippen LogP contribution in [0.3, 0.4) is 0 Å². The Morgan fingerprint density at radius 1 is 0.923 bits per heavy atom. The molecule has 5 nitrogen and oxygen atoms in total. The van der Waals surface area contributed by atoms with Crippen molar-refractivity contribution >= 4 is 40.7 Å². The van der Waals surface area contributed by atoms with E-state index in [0.29, 0.717) is 22.3 Å². The van der Waals surface area contributed by atoms with Crippen LogP contribution in [0.2, 0.25) is 10.0 Å². The predicted molar refractivity (Wildman–Crippen MR) is 106 cm³/mol. The summed E-state index contributed by atoms with van der Waals surface area (Å²) in [5, 5.41) is 3.42. The van der Waals surface area contributed by atoms with Crippen LogP contribution in [0.15, 0.2) is 48.5 Å². The number of likely N-dealkylation sites (N-methyl/N-ethyl adjacent to an activating group) is 2. The lowest BCUT2D eigenvalue weighted by molar-refractivity contribution is -0.131. The Morgan fingerprint density at radius 2 is 1.54 bits per heavy atom. The van der Waals surface area contributed by atoms with Crippen molar-refractivity contribution in [1.82, 2.24) is 9.80 Å². The lowest BCUT2D eigenvalue weighted by Gasteiger charge is -2.22. The highest BCUT2D eigenvalue weighted by molar-refractivity contribution is 6.39. The molecule has 0 saturated carbocycles. The maximum absolute atomic E-state index is 12.3. The van der Waals surface area contributed by atoms with Crippen molar-refractivity contribution in [2.45, 2.75) is 6.54 Å². The fourth-order valence-corrected chi connectivity index (χ4v) is 2.89. The minimum Gasteiger partial charge on any atom is -0.340 e. The van der Waals surface area contributed by atoms with E-state index in [1.54, 1.807) is 42.1 Å². The Kier molecular flexibility index (Phi) is 7.45. The molecule has 0 aliphatic rings. The van der Waals surface area contributed by atoms with Crippen LogP contribution >= 0.6 is 23.2 Å². The largest absolute Gasteiger partial charge is 0.340 e.